The Hall–Kier alpha value is -1.78. The van der Waals surface area contributed by atoms with Gasteiger partial charge in [-0.2, -0.15) is 0 Å². The minimum atomic E-state index is -0.767. The fourth-order valence-electron chi connectivity index (χ4n) is 0.889. The third-order valence-electron chi connectivity index (χ3n) is 1.47. The second-order valence-electron chi connectivity index (χ2n) is 4.16. The summed E-state index contributed by atoms with van der Waals surface area (Å²) >= 11 is 0. The zero-order chi connectivity index (χ0) is 12.2. The fourth-order valence-corrected chi connectivity index (χ4v) is 0.889. The zero-order valence-corrected chi connectivity index (χ0v) is 9.40. The smallest absolute Gasteiger partial charge is 0.441 e. The Morgan fingerprint density at radius 2 is 1.81 bits per heavy atom. The van der Waals surface area contributed by atoms with Gasteiger partial charge in [-0.3, -0.25) is 0 Å². The molecule has 0 saturated carbocycles. The molecule has 0 spiro atoms. The van der Waals surface area contributed by atoms with Gasteiger partial charge in [0.05, 0.1) is 5.69 Å². The number of nitrogens with zero attached hydrogens (tertiary/aromatic N) is 2. The van der Waals surface area contributed by atoms with Gasteiger partial charge in [0, 0.05) is 0 Å². The molecule has 86 valence electrons. The van der Waals surface area contributed by atoms with Crippen molar-refractivity contribution in [1.29, 1.82) is 0 Å². The summed E-state index contributed by atoms with van der Waals surface area (Å²) in [5.41, 5.74) is -0.203. The summed E-state index contributed by atoms with van der Waals surface area (Å²) in [7, 11) is 0. The quantitative estimate of drug-likeness (QED) is 0.679. The van der Waals surface area contributed by atoms with Crippen LogP contribution in [0.4, 0.5) is 14.9 Å². The fraction of sp³-hybridized carbons (Fsp3) is 0.364. The van der Waals surface area contributed by atoms with E-state index in [2.05, 4.69) is 10.2 Å². The highest BCUT2D eigenvalue weighted by atomic mass is 18.2. The van der Waals surface area contributed by atoms with Crippen LogP contribution in [0, 0.1) is 5.82 Å². The van der Waals surface area contributed by atoms with E-state index in [1.54, 1.807) is 20.8 Å². The molecule has 0 saturated heterocycles. The van der Waals surface area contributed by atoms with Crippen LogP contribution in [0.5, 0.6) is 0 Å². The van der Waals surface area contributed by atoms with E-state index in [4.69, 9.17) is 4.74 Å². The molecular weight excluding hydrogens is 210 g/mol. The third kappa shape index (κ3) is 4.63. The molecule has 0 aliphatic heterocycles. The largest absolute Gasteiger partial charge is 0.452 e. The van der Waals surface area contributed by atoms with Crippen molar-refractivity contribution in [2.75, 3.05) is 0 Å². The van der Waals surface area contributed by atoms with Crippen molar-refractivity contribution in [3.8, 4) is 0 Å². The Morgan fingerprint density at radius 1 is 1.25 bits per heavy atom. The molecule has 0 aliphatic carbocycles. The van der Waals surface area contributed by atoms with E-state index in [0.717, 1.165) is 0 Å². The highest BCUT2D eigenvalue weighted by Gasteiger charge is 2.15. The number of hydrogen-bond acceptors (Lipinski definition) is 3. The first-order valence-corrected chi connectivity index (χ1v) is 4.77. The molecule has 4 nitrogen and oxygen atoms in total. The summed E-state index contributed by atoms with van der Waals surface area (Å²) in [6.07, 6.45) is -0.767. The Labute approximate surface area is 93.1 Å². The van der Waals surface area contributed by atoms with Crippen molar-refractivity contribution in [2.45, 2.75) is 26.4 Å². The Balaban J connectivity index is 2.60. The van der Waals surface area contributed by atoms with Gasteiger partial charge in [0.2, 0.25) is 0 Å². The van der Waals surface area contributed by atoms with Crippen molar-refractivity contribution >= 4 is 11.8 Å². The average molecular weight is 223 g/mol. The molecule has 0 bridgehead atoms. The first-order chi connectivity index (χ1) is 7.37. The molecule has 0 heterocycles. The van der Waals surface area contributed by atoms with Crippen molar-refractivity contribution in [3.63, 3.8) is 0 Å². The molecule has 16 heavy (non-hydrogen) atoms. The molecule has 0 atom stereocenters. The number of carbonyl (C=O) groups excluding carboxylic acids is 1. The van der Waals surface area contributed by atoms with Crippen LogP contribution in [0.25, 0.3) is 0 Å². The van der Waals surface area contributed by atoms with Gasteiger partial charge < -0.3 is 4.74 Å². The molecule has 1 aromatic carbocycles. The van der Waals surface area contributed by atoms with Gasteiger partial charge in [-0.15, -0.1) is 5.11 Å². The lowest BCUT2D eigenvalue weighted by Gasteiger charge is -2.16. The van der Waals surface area contributed by atoms with E-state index >= 15 is 0 Å². The molecular formula is C11H13FN2O2. The van der Waals surface area contributed by atoms with Crippen LogP contribution in [-0.4, -0.2) is 11.7 Å². The van der Waals surface area contributed by atoms with Gasteiger partial charge in [0.1, 0.15) is 11.4 Å². The molecule has 0 fully saturated rings. The van der Waals surface area contributed by atoms with Crippen LogP contribution in [0.2, 0.25) is 0 Å². The molecule has 0 aliphatic rings. The van der Waals surface area contributed by atoms with Crippen LogP contribution in [-0.2, 0) is 4.74 Å². The molecule has 0 unspecified atom stereocenters. The highest BCUT2D eigenvalue weighted by molar-refractivity contribution is 5.68. The number of amides is 1. The lowest BCUT2D eigenvalue weighted by molar-refractivity contribution is 0.0592. The number of halogens is 1. The van der Waals surface area contributed by atoms with Crippen molar-refractivity contribution in [2.24, 2.45) is 10.2 Å². The van der Waals surface area contributed by atoms with Crippen molar-refractivity contribution < 1.29 is 13.9 Å². The van der Waals surface area contributed by atoms with E-state index in [1.165, 1.54) is 24.3 Å². The van der Waals surface area contributed by atoms with Crippen LogP contribution >= 0.6 is 0 Å². The van der Waals surface area contributed by atoms with E-state index in [-0.39, 0.29) is 5.82 Å². The molecule has 1 aromatic rings. The average Bonchev–Trinajstić information content (AvgIpc) is 2.14. The molecule has 1 rings (SSSR count). The van der Waals surface area contributed by atoms with E-state index in [1.807, 2.05) is 0 Å². The predicted molar refractivity (Wildman–Crippen MR) is 57.2 cm³/mol. The number of azo groups is 1. The van der Waals surface area contributed by atoms with E-state index in [0.29, 0.717) is 5.69 Å². The number of ether oxygens (including phenoxy) is 1. The zero-order valence-electron chi connectivity index (χ0n) is 9.40. The van der Waals surface area contributed by atoms with E-state index < -0.39 is 11.7 Å². The summed E-state index contributed by atoms with van der Waals surface area (Å²) < 4.78 is 17.5. The summed E-state index contributed by atoms with van der Waals surface area (Å²) in [5.74, 6) is -0.365. The molecule has 5 heteroatoms. The first-order valence-electron chi connectivity index (χ1n) is 4.77. The van der Waals surface area contributed by atoms with Gasteiger partial charge in [-0.05, 0) is 45.0 Å². The maximum absolute atomic E-state index is 12.5. The van der Waals surface area contributed by atoms with Crippen LogP contribution in [0.3, 0.4) is 0 Å². The summed E-state index contributed by atoms with van der Waals surface area (Å²) in [5, 5.41) is 6.97. The topological polar surface area (TPSA) is 51.0 Å². The Kier molecular flexibility index (Phi) is 3.71. The van der Waals surface area contributed by atoms with Crippen LogP contribution in [0.1, 0.15) is 20.8 Å². The van der Waals surface area contributed by atoms with Crippen molar-refractivity contribution in [1.82, 2.24) is 0 Å². The summed E-state index contributed by atoms with van der Waals surface area (Å²) in [6, 6.07) is 5.32. The summed E-state index contributed by atoms with van der Waals surface area (Å²) in [4.78, 5) is 11.1. The first kappa shape index (κ1) is 12.3. The normalized spacial score (nSPS) is 11.8. The van der Waals surface area contributed by atoms with Gasteiger partial charge in [-0.25, -0.2) is 9.18 Å². The minimum absolute atomic E-state index is 0.365. The second-order valence-corrected chi connectivity index (χ2v) is 4.16. The van der Waals surface area contributed by atoms with Crippen molar-refractivity contribution in [3.05, 3.63) is 30.1 Å². The summed E-state index contributed by atoms with van der Waals surface area (Å²) in [6.45, 7) is 5.20. The van der Waals surface area contributed by atoms with E-state index in [9.17, 15) is 9.18 Å². The molecule has 0 radical (unpaired) electrons. The molecule has 1 amide bonds. The standard InChI is InChI=1S/C11H13FN2O2/c1-11(2,3)16-10(15)14-13-9-6-4-8(12)5-7-9/h4-7H,1-3H3/i12-1. The molecule has 0 aromatic heterocycles. The lowest BCUT2D eigenvalue weighted by Crippen LogP contribution is -2.21. The highest BCUT2D eigenvalue weighted by Crippen LogP contribution is 2.14. The maximum Gasteiger partial charge on any atom is 0.452 e. The van der Waals surface area contributed by atoms with Crippen LogP contribution in [0.15, 0.2) is 34.5 Å². The minimum Gasteiger partial charge on any atom is -0.441 e. The SMILES string of the molecule is CC(C)(C)OC(=O)N=Nc1ccc([18F])cc1. The Morgan fingerprint density at radius 3 is 2.31 bits per heavy atom. The third-order valence-corrected chi connectivity index (χ3v) is 1.47. The monoisotopic (exact) mass is 223 g/mol. The van der Waals surface area contributed by atoms with Gasteiger partial charge in [0.15, 0.2) is 0 Å². The lowest BCUT2D eigenvalue weighted by atomic mass is 10.2. The maximum atomic E-state index is 12.5. The number of rotatable bonds is 1. The second kappa shape index (κ2) is 4.83. The van der Waals surface area contributed by atoms with Gasteiger partial charge >= 0.3 is 6.09 Å². The Bertz CT molecular complexity index is 393. The number of hydrogen-bond donors (Lipinski definition) is 0. The van der Waals surface area contributed by atoms with Gasteiger partial charge in [0.25, 0.3) is 0 Å². The van der Waals surface area contributed by atoms with Crippen LogP contribution < -0.4 is 0 Å². The predicted octanol–water partition coefficient (Wildman–Crippen LogP) is 3.84. The number of benzene rings is 1. The van der Waals surface area contributed by atoms with Gasteiger partial charge in [-0.1, -0.05) is 5.11 Å². The molecule has 0 N–H and O–H groups in total. The number of carbonyl (C=O) groups is 1.